The summed E-state index contributed by atoms with van der Waals surface area (Å²) in [6.07, 6.45) is 1.38. The number of pyridine rings is 1. The first-order chi connectivity index (χ1) is 13.5. The van der Waals surface area contributed by atoms with Gasteiger partial charge < -0.3 is 13.8 Å². The molecule has 0 amide bonds. The van der Waals surface area contributed by atoms with Crippen LogP contribution in [-0.4, -0.2) is 17.1 Å². The number of aromatic nitrogens is 1. The standard InChI is InChI=1S/C18H16FNO4P2.C2H6/c1-2-23-18(22)13-9-20(10-3-5-11(24-26)6-4-10)15-8-14(19)16(25)7-12(15)17(13)21;1-2/h3-9H,2,25-26H2,1H3;1-2H3. The van der Waals surface area contributed by atoms with E-state index in [1.807, 2.05) is 13.8 Å². The zero-order chi connectivity index (χ0) is 20.8. The first kappa shape index (κ1) is 22.0. The number of benzene rings is 2. The molecule has 0 radical (unpaired) electrons. The molecule has 3 aromatic rings. The van der Waals surface area contributed by atoms with Crippen LogP contribution in [0.15, 0.2) is 47.4 Å². The molecule has 0 aliphatic carbocycles. The third kappa shape index (κ3) is 4.40. The van der Waals surface area contributed by atoms with Crippen LogP contribution in [0.2, 0.25) is 0 Å². The van der Waals surface area contributed by atoms with Gasteiger partial charge >= 0.3 is 5.97 Å². The molecule has 0 aliphatic rings. The van der Waals surface area contributed by atoms with Crippen LogP contribution in [0.3, 0.4) is 0 Å². The maximum atomic E-state index is 14.1. The molecule has 8 heteroatoms. The average molecular weight is 421 g/mol. The smallest absolute Gasteiger partial charge is 0.343 e. The molecule has 0 spiro atoms. The lowest BCUT2D eigenvalue weighted by atomic mass is 10.1. The van der Waals surface area contributed by atoms with Gasteiger partial charge in [0, 0.05) is 22.6 Å². The molecule has 2 aromatic carbocycles. The highest BCUT2D eigenvalue weighted by molar-refractivity contribution is 7.27. The number of hydrogen-bond acceptors (Lipinski definition) is 4. The number of carbonyl (C=O) groups excluding carboxylic acids is 1. The van der Waals surface area contributed by atoms with Gasteiger partial charge in [-0.25, -0.2) is 9.18 Å². The maximum Gasteiger partial charge on any atom is 0.343 e. The largest absolute Gasteiger partial charge is 0.480 e. The molecule has 3 rings (SSSR count). The van der Waals surface area contributed by atoms with Crippen molar-refractivity contribution < 1.29 is 18.4 Å². The molecule has 148 valence electrons. The Balaban J connectivity index is 0.00000136. The Kier molecular flexibility index (Phi) is 7.68. The minimum atomic E-state index is -0.715. The van der Waals surface area contributed by atoms with Gasteiger partial charge in [0.2, 0.25) is 5.43 Å². The van der Waals surface area contributed by atoms with E-state index in [9.17, 15) is 14.0 Å². The van der Waals surface area contributed by atoms with E-state index in [1.54, 1.807) is 35.8 Å². The van der Waals surface area contributed by atoms with Crippen LogP contribution in [0, 0.1) is 5.82 Å². The Bertz CT molecular complexity index is 1050. The molecule has 2 atom stereocenters. The average Bonchev–Trinajstić information content (AvgIpc) is 2.71. The lowest BCUT2D eigenvalue weighted by Crippen LogP contribution is -2.21. The van der Waals surface area contributed by atoms with Crippen molar-refractivity contribution in [2.45, 2.75) is 20.8 Å². The number of carbonyl (C=O) groups is 1. The molecule has 2 unspecified atom stereocenters. The monoisotopic (exact) mass is 421 g/mol. The third-order valence-corrected chi connectivity index (χ3v) is 4.58. The number of fused-ring (bicyclic) bond motifs is 1. The number of hydrogen-bond donors (Lipinski definition) is 0. The highest BCUT2D eigenvalue weighted by Gasteiger charge is 2.18. The predicted octanol–water partition coefficient (Wildman–Crippen LogP) is 4.00. The van der Waals surface area contributed by atoms with Crippen LogP contribution in [0.5, 0.6) is 5.75 Å². The summed E-state index contributed by atoms with van der Waals surface area (Å²) in [5, 5.41) is 0.474. The van der Waals surface area contributed by atoms with E-state index < -0.39 is 17.2 Å². The van der Waals surface area contributed by atoms with Crippen molar-refractivity contribution in [1.82, 2.24) is 4.57 Å². The van der Waals surface area contributed by atoms with Crippen molar-refractivity contribution in [2.24, 2.45) is 0 Å². The van der Waals surface area contributed by atoms with Gasteiger partial charge in [0.15, 0.2) is 0 Å². The summed E-state index contributed by atoms with van der Waals surface area (Å²) in [6.45, 7) is 5.81. The summed E-state index contributed by atoms with van der Waals surface area (Å²) in [7, 11) is 4.39. The van der Waals surface area contributed by atoms with Crippen molar-refractivity contribution >= 4 is 40.9 Å². The molecule has 1 heterocycles. The fraction of sp³-hybridized carbons (Fsp3) is 0.200. The molecule has 0 saturated carbocycles. The van der Waals surface area contributed by atoms with Crippen molar-refractivity contribution in [1.29, 1.82) is 0 Å². The van der Waals surface area contributed by atoms with E-state index in [4.69, 9.17) is 9.26 Å². The molecule has 0 aliphatic heterocycles. The third-order valence-electron chi connectivity index (χ3n) is 3.87. The molecular weight excluding hydrogens is 399 g/mol. The van der Waals surface area contributed by atoms with Crippen molar-refractivity contribution in [3.63, 3.8) is 0 Å². The summed E-state index contributed by atoms with van der Waals surface area (Å²) in [6, 6.07) is 9.61. The number of esters is 1. The van der Waals surface area contributed by atoms with Crippen molar-refractivity contribution in [2.75, 3.05) is 6.61 Å². The summed E-state index contributed by atoms with van der Waals surface area (Å²) in [5.74, 6) is -0.565. The number of rotatable bonds is 4. The van der Waals surface area contributed by atoms with E-state index in [2.05, 4.69) is 18.7 Å². The molecule has 28 heavy (non-hydrogen) atoms. The molecule has 1 aromatic heterocycles. The highest BCUT2D eigenvalue weighted by Crippen LogP contribution is 2.22. The Labute approximate surface area is 167 Å². The lowest BCUT2D eigenvalue weighted by Gasteiger charge is -2.14. The molecule has 5 nitrogen and oxygen atoms in total. The fourth-order valence-electron chi connectivity index (χ4n) is 2.62. The van der Waals surface area contributed by atoms with Gasteiger partial charge in [0.25, 0.3) is 0 Å². The normalized spacial score (nSPS) is 10.2. The Morgan fingerprint density at radius 2 is 1.82 bits per heavy atom. The SMILES string of the molecule is CC.CCOC(=O)c1cn(-c2ccc(OP)cc2)c2cc(F)c(P)cc2c1=O. The zero-order valence-corrected chi connectivity index (χ0v) is 18.2. The summed E-state index contributed by atoms with van der Waals surface area (Å²) in [5.41, 5.74) is 0.388. The van der Waals surface area contributed by atoms with Gasteiger partial charge in [0.05, 0.1) is 21.6 Å². The van der Waals surface area contributed by atoms with Crippen LogP contribution in [-0.2, 0) is 4.74 Å². The van der Waals surface area contributed by atoms with Gasteiger partial charge in [-0.1, -0.05) is 13.8 Å². The fourth-order valence-corrected chi connectivity index (χ4v) is 3.02. The molecule has 0 saturated heterocycles. The Morgan fingerprint density at radius 1 is 1.18 bits per heavy atom. The van der Waals surface area contributed by atoms with Gasteiger partial charge in [-0.05, 0) is 43.3 Å². The number of ether oxygens (including phenoxy) is 1. The van der Waals surface area contributed by atoms with E-state index in [0.717, 1.165) is 0 Å². The lowest BCUT2D eigenvalue weighted by molar-refractivity contribution is 0.0524. The van der Waals surface area contributed by atoms with Gasteiger partial charge in [-0.3, -0.25) is 4.79 Å². The zero-order valence-electron chi connectivity index (χ0n) is 15.9. The van der Waals surface area contributed by atoms with Crippen LogP contribution in [0.4, 0.5) is 4.39 Å². The Hall–Kier alpha value is -2.29. The predicted molar refractivity (Wildman–Crippen MR) is 116 cm³/mol. The van der Waals surface area contributed by atoms with Crippen LogP contribution >= 0.6 is 18.7 Å². The topological polar surface area (TPSA) is 57.5 Å². The summed E-state index contributed by atoms with van der Waals surface area (Å²) < 4.78 is 25.8. The van der Waals surface area contributed by atoms with Gasteiger partial charge in [-0.15, -0.1) is 9.24 Å². The quantitative estimate of drug-likeness (QED) is 0.472. The van der Waals surface area contributed by atoms with E-state index in [0.29, 0.717) is 17.0 Å². The second-order valence-electron chi connectivity index (χ2n) is 5.46. The van der Waals surface area contributed by atoms with E-state index >= 15 is 0 Å². The second kappa shape index (κ2) is 9.77. The molecular formula is C20H22FNO4P2. The maximum absolute atomic E-state index is 14.1. The molecule has 0 fully saturated rings. The van der Waals surface area contributed by atoms with Crippen LogP contribution < -0.4 is 15.3 Å². The first-order valence-corrected chi connectivity index (χ1v) is 9.79. The minimum absolute atomic E-state index is 0.110. The highest BCUT2D eigenvalue weighted by atomic mass is 31.0. The Morgan fingerprint density at radius 3 is 2.39 bits per heavy atom. The summed E-state index contributed by atoms with van der Waals surface area (Å²) >= 11 is 0. The minimum Gasteiger partial charge on any atom is -0.480 e. The van der Waals surface area contributed by atoms with Crippen LogP contribution in [0.25, 0.3) is 16.6 Å². The number of nitrogens with zero attached hydrogens (tertiary/aromatic N) is 1. The van der Waals surface area contributed by atoms with Gasteiger partial charge in [0.1, 0.15) is 17.1 Å². The molecule has 0 N–H and O–H groups in total. The second-order valence-corrected chi connectivity index (χ2v) is 6.32. The summed E-state index contributed by atoms with van der Waals surface area (Å²) in [4.78, 5) is 24.9. The number of halogens is 1. The van der Waals surface area contributed by atoms with Crippen molar-refractivity contribution in [3.05, 3.63) is 64.2 Å². The first-order valence-electron chi connectivity index (χ1n) is 8.75. The van der Waals surface area contributed by atoms with Gasteiger partial charge in [-0.2, -0.15) is 0 Å². The van der Waals surface area contributed by atoms with Crippen molar-refractivity contribution in [3.8, 4) is 11.4 Å². The van der Waals surface area contributed by atoms with Crippen LogP contribution in [0.1, 0.15) is 31.1 Å². The molecule has 0 bridgehead atoms. The van der Waals surface area contributed by atoms with E-state index in [1.165, 1.54) is 18.3 Å². The van der Waals surface area contributed by atoms with E-state index in [-0.39, 0.29) is 22.9 Å².